The first-order valence-corrected chi connectivity index (χ1v) is 10.2. The number of hydrogen-bond donors (Lipinski definition) is 0. The Morgan fingerprint density at radius 2 is 1.55 bits per heavy atom. The predicted molar refractivity (Wildman–Crippen MR) is 120 cm³/mol. The lowest BCUT2D eigenvalue weighted by atomic mass is 10.0. The van der Waals surface area contributed by atoms with E-state index in [4.69, 9.17) is 0 Å². The number of benzene rings is 3. The molecule has 0 N–H and O–H groups in total. The largest absolute Gasteiger partial charge is 0.335 e. The van der Waals surface area contributed by atoms with Gasteiger partial charge in [-0.2, -0.15) is 0 Å². The first kappa shape index (κ1) is 20.5. The van der Waals surface area contributed by atoms with E-state index < -0.39 is 5.91 Å². The molecule has 3 amide bonds. The summed E-state index contributed by atoms with van der Waals surface area (Å²) >= 11 is 0. The quantitative estimate of drug-likeness (QED) is 0.571. The van der Waals surface area contributed by atoms with Crippen LogP contribution in [0.15, 0.2) is 66.7 Å². The molecule has 0 aliphatic carbocycles. The van der Waals surface area contributed by atoms with Gasteiger partial charge in [0.1, 0.15) is 0 Å². The van der Waals surface area contributed by atoms with E-state index in [1.54, 1.807) is 24.1 Å². The number of anilines is 1. The summed E-state index contributed by atoms with van der Waals surface area (Å²) in [6, 6.07) is 20.0. The van der Waals surface area contributed by atoms with Crippen LogP contribution in [0.1, 0.15) is 60.7 Å². The van der Waals surface area contributed by atoms with E-state index in [0.717, 1.165) is 16.7 Å². The molecule has 1 atom stereocenters. The minimum atomic E-state index is -0.401. The smallest absolute Gasteiger partial charge is 0.266 e. The van der Waals surface area contributed by atoms with Gasteiger partial charge < -0.3 is 4.90 Å². The van der Waals surface area contributed by atoms with Gasteiger partial charge in [0.05, 0.1) is 22.9 Å². The summed E-state index contributed by atoms with van der Waals surface area (Å²) < 4.78 is 0. The number of hydrogen-bond acceptors (Lipinski definition) is 3. The maximum absolute atomic E-state index is 13.2. The van der Waals surface area contributed by atoms with E-state index in [9.17, 15) is 14.4 Å². The maximum Gasteiger partial charge on any atom is 0.266 e. The topological polar surface area (TPSA) is 57.7 Å². The van der Waals surface area contributed by atoms with Gasteiger partial charge in [0.25, 0.3) is 17.7 Å². The van der Waals surface area contributed by atoms with Crippen LogP contribution in [0.4, 0.5) is 5.69 Å². The van der Waals surface area contributed by atoms with Crippen molar-refractivity contribution in [1.82, 2.24) is 4.90 Å². The van der Waals surface area contributed by atoms with Crippen molar-refractivity contribution in [3.63, 3.8) is 0 Å². The molecule has 3 aromatic rings. The van der Waals surface area contributed by atoms with Crippen molar-refractivity contribution in [2.24, 2.45) is 0 Å². The Morgan fingerprint density at radius 1 is 0.871 bits per heavy atom. The Hall–Kier alpha value is -3.73. The summed E-state index contributed by atoms with van der Waals surface area (Å²) in [7, 11) is 1.74. The van der Waals surface area contributed by atoms with Crippen LogP contribution >= 0.6 is 0 Å². The summed E-state index contributed by atoms with van der Waals surface area (Å²) in [5.74, 6) is -0.967. The third-order valence-electron chi connectivity index (χ3n) is 5.92. The normalized spacial score (nSPS) is 13.9. The summed E-state index contributed by atoms with van der Waals surface area (Å²) in [6.45, 7) is 5.74. The van der Waals surface area contributed by atoms with Gasteiger partial charge in [0.15, 0.2) is 0 Å². The summed E-state index contributed by atoms with van der Waals surface area (Å²) in [5, 5.41) is 0. The van der Waals surface area contributed by atoms with Gasteiger partial charge in [0.2, 0.25) is 0 Å². The van der Waals surface area contributed by atoms with Gasteiger partial charge >= 0.3 is 0 Å². The molecule has 0 unspecified atom stereocenters. The second-order valence-corrected chi connectivity index (χ2v) is 8.00. The van der Waals surface area contributed by atoms with Crippen molar-refractivity contribution < 1.29 is 14.4 Å². The molecule has 156 valence electrons. The fourth-order valence-electron chi connectivity index (χ4n) is 3.89. The highest BCUT2D eigenvalue weighted by molar-refractivity contribution is 6.35. The van der Waals surface area contributed by atoms with Gasteiger partial charge in [-0.05, 0) is 61.7 Å². The fourth-order valence-corrected chi connectivity index (χ4v) is 3.89. The summed E-state index contributed by atoms with van der Waals surface area (Å²) in [4.78, 5) is 42.1. The Balaban J connectivity index is 1.65. The number of amides is 3. The highest BCUT2D eigenvalue weighted by Crippen LogP contribution is 2.32. The summed E-state index contributed by atoms with van der Waals surface area (Å²) in [6.07, 6.45) is 0. The van der Waals surface area contributed by atoms with Crippen LogP contribution in [0.3, 0.4) is 0 Å². The van der Waals surface area contributed by atoms with Crippen LogP contribution in [0.2, 0.25) is 0 Å². The van der Waals surface area contributed by atoms with E-state index in [0.29, 0.717) is 16.8 Å². The van der Waals surface area contributed by atoms with E-state index >= 15 is 0 Å². The van der Waals surface area contributed by atoms with Crippen molar-refractivity contribution in [3.8, 4) is 0 Å². The molecule has 0 radical (unpaired) electrons. The van der Waals surface area contributed by atoms with Crippen molar-refractivity contribution in [2.45, 2.75) is 26.8 Å². The maximum atomic E-state index is 13.2. The van der Waals surface area contributed by atoms with Crippen molar-refractivity contribution >= 4 is 23.4 Å². The Morgan fingerprint density at radius 3 is 2.26 bits per heavy atom. The molecule has 5 heteroatoms. The molecule has 0 fully saturated rings. The number of carbonyl (C=O) groups is 3. The van der Waals surface area contributed by atoms with E-state index in [1.807, 2.05) is 69.3 Å². The minimum Gasteiger partial charge on any atom is -0.335 e. The van der Waals surface area contributed by atoms with E-state index in [2.05, 4.69) is 0 Å². The Bertz CT molecular complexity index is 1200. The van der Waals surface area contributed by atoms with Crippen LogP contribution in [-0.2, 0) is 0 Å². The highest BCUT2D eigenvalue weighted by atomic mass is 16.2. The number of fused-ring (bicyclic) bond motifs is 1. The number of imide groups is 1. The zero-order valence-electron chi connectivity index (χ0n) is 18.0. The van der Waals surface area contributed by atoms with Crippen molar-refractivity contribution in [3.05, 3.63) is 100 Å². The minimum absolute atomic E-state index is 0.134. The number of nitrogens with zero attached hydrogens (tertiary/aromatic N) is 2. The summed E-state index contributed by atoms with van der Waals surface area (Å²) in [5.41, 5.74) is 4.37. The number of aryl methyl sites for hydroxylation is 2. The van der Waals surface area contributed by atoms with Gasteiger partial charge in [-0.25, -0.2) is 4.90 Å². The molecular formula is C26H24N2O3. The zero-order chi connectivity index (χ0) is 22.3. The third-order valence-corrected chi connectivity index (χ3v) is 5.92. The Kier molecular flexibility index (Phi) is 5.19. The van der Waals surface area contributed by atoms with Crippen molar-refractivity contribution in [2.75, 3.05) is 11.9 Å². The standard InChI is InChI=1S/C26H24N2O3/c1-16-10-11-17(2)23(14-16)28-25(30)21-13-12-20(15-22(21)26(28)31)24(29)27(4)18(3)19-8-6-5-7-9-19/h5-15,18H,1-4H3/t18-/m0/s1. The first-order valence-electron chi connectivity index (χ1n) is 10.2. The first-order chi connectivity index (χ1) is 14.8. The number of carbonyl (C=O) groups excluding carboxylic acids is 3. The van der Waals surface area contributed by atoms with E-state index in [1.165, 1.54) is 11.0 Å². The average Bonchev–Trinajstić information content (AvgIpc) is 3.04. The monoisotopic (exact) mass is 412 g/mol. The molecule has 0 saturated heterocycles. The molecule has 1 heterocycles. The second-order valence-electron chi connectivity index (χ2n) is 8.00. The van der Waals surface area contributed by atoms with Crippen molar-refractivity contribution in [1.29, 1.82) is 0 Å². The molecule has 1 aliphatic rings. The van der Waals surface area contributed by atoms with Crippen LogP contribution in [0.25, 0.3) is 0 Å². The van der Waals surface area contributed by atoms with Gasteiger partial charge in [0, 0.05) is 12.6 Å². The molecule has 0 aromatic heterocycles. The van der Waals surface area contributed by atoms with Gasteiger partial charge in [-0.3, -0.25) is 14.4 Å². The molecular weight excluding hydrogens is 388 g/mol. The fraction of sp³-hybridized carbons (Fsp3) is 0.192. The molecule has 0 saturated carbocycles. The number of rotatable bonds is 4. The lowest BCUT2D eigenvalue weighted by molar-refractivity contribution is 0.0742. The Labute approximate surface area is 181 Å². The van der Waals surface area contributed by atoms with Gasteiger partial charge in [-0.1, -0.05) is 42.5 Å². The molecule has 31 heavy (non-hydrogen) atoms. The molecule has 5 nitrogen and oxygen atoms in total. The molecule has 3 aromatic carbocycles. The average molecular weight is 412 g/mol. The van der Waals surface area contributed by atoms with Crippen LogP contribution in [0.5, 0.6) is 0 Å². The third kappa shape index (κ3) is 3.52. The molecule has 4 rings (SSSR count). The highest BCUT2D eigenvalue weighted by Gasteiger charge is 2.38. The SMILES string of the molecule is Cc1ccc(C)c(N2C(=O)c3ccc(C(=O)N(C)[C@@H](C)c4ccccc4)cc3C2=O)c1. The molecule has 0 spiro atoms. The van der Waals surface area contributed by atoms with Gasteiger partial charge in [-0.15, -0.1) is 0 Å². The predicted octanol–water partition coefficient (Wildman–Crippen LogP) is 4.94. The second kappa shape index (κ2) is 7.84. The lowest BCUT2D eigenvalue weighted by Crippen LogP contribution is -2.30. The van der Waals surface area contributed by atoms with Crippen LogP contribution in [0, 0.1) is 13.8 Å². The molecule has 0 bridgehead atoms. The van der Waals surface area contributed by atoms with E-state index in [-0.39, 0.29) is 23.4 Å². The molecule has 1 aliphatic heterocycles. The van der Waals surface area contributed by atoms with Crippen LogP contribution in [-0.4, -0.2) is 29.7 Å². The lowest BCUT2D eigenvalue weighted by Gasteiger charge is -2.25. The van der Waals surface area contributed by atoms with Crippen LogP contribution < -0.4 is 4.90 Å². The zero-order valence-corrected chi connectivity index (χ0v) is 18.0.